The zero-order valence-corrected chi connectivity index (χ0v) is 17.5. The quantitative estimate of drug-likeness (QED) is 0.686. The fraction of sp³-hybridized carbons (Fsp3) is 0.208. The van der Waals surface area contributed by atoms with Crippen molar-refractivity contribution in [1.82, 2.24) is 0 Å². The number of hydrogen-bond donors (Lipinski definition) is 1. The molecule has 0 aliphatic carbocycles. The number of rotatable bonds is 6. The van der Waals surface area contributed by atoms with Crippen LogP contribution in [0.3, 0.4) is 0 Å². The van der Waals surface area contributed by atoms with Gasteiger partial charge in [0.1, 0.15) is 35.6 Å². The van der Waals surface area contributed by atoms with E-state index in [1.807, 2.05) is 12.1 Å². The van der Waals surface area contributed by atoms with Gasteiger partial charge in [0.25, 0.3) is 0 Å². The van der Waals surface area contributed by atoms with E-state index in [4.69, 9.17) is 25.2 Å². The molecule has 1 atom stereocenters. The van der Waals surface area contributed by atoms with Crippen LogP contribution in [0.5, 0.6) is 5.75 Å². The molecule has 0 bridgehead atoms. The molecule has 1 unspecified atom stereocenters. The number of allylic oxidation sites excluding steroid dienone is 2. The van der Waals surface area contributed by atoms with Crippen LogP contribution in [0.1, 0.15) is 36.5 Å². The molecule has 2 N–H and O–H groups in total. The largest absolute Gasteiger partial charge is 0.489 e. The van der Waals surface area contributed by atoms with Gasteiger partial charge in [-0.3, -0.25) is 0 Å². The van der Waals surface area contributed by atoms with Gasteiger partial charge in [-0.1, -0.05) is 18.2 Å². The van der Waals surface area contributed by atoms with Crippen LogP contribution in [0.25, 0.3) is 0 Å². The number of nitriles is 2. The van der Waals surface area contributed by atoms with Crippen molar-refractivity contribution >= 4 is 5.97 Å². The summed E-state index contributed by atoms with van der Waals surface area (Å²) >= 11 is 0. The minimum absolute atomic E-state index is 0.0302. The molecule has 1 aliphatic heterocycles. The normalized spacial score (nSPS) is 15.5. The second-order valence-electron chi connectivity index (χ2n) is 6.89. The Morgan fingerprint density at radius 2 is 1.91 bits per heavy atom. The fourth-order valence-corrected chi connectivity index (χ4v) is 3.34. The zero-order valence-electron chi connectivity index (χ0n) is 17.5. The third-order valence-electron chi connectivity index (χ3n) is 4.89. The van der Waals surface area contributed by atoms with E-state index in [-0.39, 0.29) is 41.6 Å². The van der Waals surface area contributed by atoms with Gasteiger partial charge >= 0.3 is 5.97 Å². The average molecular weight is 433 g/mol. The van der Waals surface area contributed by atoms with E-state index in [2.05, 4.69) is 0 Å². The van der Waals surface area contributed by atoms with E-state index in [0.29, 0.717) is 16.9 Å². The van der Waals surface area contributed by atoms with Gasteiger partial charge in [-0.2, -0.15) is 10.5 Å². The number of halogens is 1. The average Bonchev–Trinajstić information content (AvgIpc) is 2.78. The smallest absolute Gasteiger partial charge is 0.338 e. The fourth-order valence-electron chi connectivity index (χ4n) is 3.34. The van der Waals surface area contributed by atoms with Crippen LogP contribution in [-0.2, 0) is 20.9 Å². The van der Waals surface area contributed by atoms with Gasteiger partial charge in [0.05, 0.1) is 29.7 Å². The van der Waals surface area contributed by atoms with Gasteiger partial charge in [-0.05, 0) is 43.7 Å². The standard InChI is InChI=1S/C24H20FN3O4/c1-3-30-24(29)21-14(2)32-23(28)19(12-27)22(21)16-6-8-18(9-7-16)31-13-17-5-4-15(11-26)10-20(17)25/h4-10,22H,3,13,28H2,1-2H3. The summed E-state index contributed by atoms with van der Waals surface area (Å²) in [5, 5.41) is 18.4. The number of carbonyl (C=O) groups is 1. The molecule has 0 saturated heterocycles. The lowest BCUT2D eigenvalue weighted by molar-refractivity contribution is -0.139. The van der Waals surface area contributed by atoms with Crippen LogP contribution < -0.4 is 10.5 Å². The summed E-state index contributed by atoms with van der Waals surface area (Å²) < 4.78 is 30.2. The van der Waals surface area contributed by atoms with Crippen LogP contribution in [0.4, 0.5) is 4.39 Å². The second kappa shape index (κ2) is 9.67. The molecule has 1 heterocycles. The topological polar surface area (TPSA) is 118 Å². The first-order chi connectivity index (χ1) is 15.4. The van der Waals surface area contributed by atoms with E-state index in [0.717, 1.165) is 6.07 Å². The maximum absolute atomic E-state index is 14.0. The Hall–Kier alpha value is -4.30. The molecular formula is C24H20FN3O4. The maximum Gasteiger partial charge on any atom is 0.338 e. The predicted octanol–water partition coefficient (Wildman–Crippen LogP) is 3.92. The molecule has 0 amide bonds. The molecule has 0 saturated carbocycles. The highest BCUT2D eigenvalue weighted by Gasteiger charge is 2.36. The van der Waals surface area contributed by atoms with Crippen molar-refractivity contribution in [2.24, 2.45) is 5.73 Å². The van der Waals surface area contributed by atoms with E-state index in [1.165, 1.54) is 12.1 Å². The molecule has 1 aliphatic rings. The van der Waals surface area contributed by atoms with E-state index in [9.17, 15) is 14.4 Å². The number of hydrogen-bond acceptors (Lipinski definition) is 7. The summed E-state index contributed by atoms with van der Waals surface area (Å²) in [5.74, 6) is -1.22. The van der Waals surface area contributed by atoms with Crippen molar-refractivity contribution in [1.29, 1.82) is 10.5 Å². The number of esters is 1. The Morgan fingerprint density at radius 1 is 1.19 bits per heavy atom. The monoisotopic (exact) mass is 433 g/mol. The second-order valence-corrected chi connectivity index (χ2v) is 6.89. The first kappa shape index (κ1) is 22.4. The molecule has 0 spiro atoms. The molecule has 32 heavy (non-hydrogen) atoms. The summed E-state index contributed by atoms with van der Waals surface area (Å²) in [6, 6.07) is 14.7. The lowest BCUT2D eigenvalue weighted by Crippen LogP contribution is -2.25. The van der Waals surface area contributed by atoms with Gasteiger partial charge in [-0.15, -0.1) is 0 Å². The number of ether oxygens (including phenoxy) is 3. The summed E-state index contributed by atoms with van der Waals surface area (Å²) in [6.45, 7) is 3.41. The number of carbonyl (C=O) groups excluding carboxylic acids is 1. The van der Waals surface area contributed by atoms with Crippen molar-refractivity contribution in [3.63, 3.8) is 0 Å². The van der Waals surface area contributed by atoms with Crippen molar-refractivity contribution in [2.45, 2.75) is 26.4 Å². The van der Waals surface area contributed by atoms with Crippen LogP contribution in [0.15, 0.2) is 65.3 Å². The third kappa shape index (κ3) is 4.55. The molecule has 0 fully saturated rings. The van der Waals surface area contributed by atoms with Crippen molar-refractivity contribution in [3.05, 3.63) is 87.8 Å². The van der Waals surface area contributed by atoms with Crippen LogP contribution in [-0.4, -0.2) is 12.6 Å². The molecule has 7 nitrogen and oxygen atoms in total. The first-order valence-corrected chi connectivity index (χ1v) is 9.76. The molecule has 8 heteroatoms. The SMILES string of the molecule is CCOC(=O)C1=C(C)OC(N)=C(C#N)C1c1ccc(OCc2ccc(C#N)cc2F)cc1. The molecule has 3 rings (SSSR count). The third-order valence-corrected chi connectivity index (χ3v) is 4.89. The Bertz CT molecular complexity index is 1190. The van der Waals surface area contributed by atoms with Gasteiger partial charge in [0.2, 0.25) is 5.88 Å². The summed E-state index contributed by atoms with van der Waals surface area (Å²) in [5.41, 5.74) is 7.35. The van der Waals surface area contributed by atoms with Crippen molar-refractivity contribution < 1.29 is 23.4 Å². The Kier molecular flexibility index (Phi) is 6.77. The number of nitrogens with zero attached hydrogens (tertiary/aromatic N) is 2. The number of nitrogens with two attached hydrogens (primary N) is 1. The highest BCUT2D eigenvalue weighted by Crippen LogP contribution is 2.40. The minimum atomic E-state index is -0.752. The van der Waals surface area contributed by atoms with E-state index >= 15 is 0 Å². The van der Waals surface area contributed by atoms with Crippen molar-refractivity contribution in [2.75, 3.05) is 6.61 Å². The van der Waals surface area contributed by atoms with Crippen LogP contribution in [0.2, 0.25) is 0 Å². The lowest BCUT2D eigenvalue weighted by atomic mass is 9.83. The Morgan fingerprint density at radius 3 is 2.50 bits per heavy atom. The van der Waals surface area contributed by atoms with Gasteiger partial charge in [-0.25, -0.2) is 9.18 Å². The van der Waals surface area contributed by atoms with Gasteiger partial charge in [0, 0.05) is 5.56 Å². The number of benzene rings is 2. The highest BCUT2D eigenvalue weighted by molar-refractivity contribution is 5.92. The Balaban J connectivity index is 1.85. The predicted molar refractivity (Wildman–Crippen MR) is 112 cm³/mol. The molecule has 2 aromatic rings. The first-order valence-electron chi connectivity index (χ1n) is 9.76. The van der Waals surface area contributed by atoms with Crippen molar-refractivity contribution in [3.8, 4) is 17.9 Å². The molecule has 0 radical (unpaired) electrons. The van der Waals surface area contributed by atoms with Crippen LogP contribution >= 0.6 is 0 Å². The highest BCUT2D eigenvalue weighted by atomic mass is 19.1. The Labute approximate surface area is 184 Å². The molecular weight excluding hydrogens is 413 g/mol. The molecule has 2 aromatic carbocycles. The van der Waals surface area contributed by atoms with E-state index < -0.39 is 17.7 Å². The summed E-state index contributed by atoms with van der Waals surface area (Å²) in [7, 11) is 0. The van der Waals surface area contributed by atoms with E-state index in [1.54, 1.807) is 38.1 Å². The molecule has 162 valence electrons. The van der Waals surface area contributed by atoms with Crippen LogP contribution in [0, 0.1) is 28.5 Å². The van der Waals surface area contributed by atoms with Gasteiger partial charge in [0.15, 0.2) is 0 Å². The lowest BCUT2D eigenvalue weighted by Gasteiger charge is -2.26. The van der Waals surface area contributed by atoms with Gasteiger partial charge < -0.3 is 19.9 Å². The minimum Gasteiger partial charge on any atom is -0.489 e. The summed E-state index contributed by atoms with van der Waals surface area (Å²) in [6.07, 6.45) is 0. The maximum atomic E-state index is 14.0. The molecule has 0 aromatic heterocycles. The summed E-state index contributed by atoms with van der Waals surface area (Å²) in [4.78, 5) is 12.6. The zero-order chi connectivity index (χ0) is 23.3.